The molecule has 106 valence electrons. The van der Waals surface area contributed by atoms with E-state index in [1.165, 1.54) is 6.42 Å². The van der Waals surface area contributed by atoms with Gasteiger partial charge in [-0.15, -0.1) is 0 Å². The standard InChI is InChI=1S/C16H25NO2/c1-5-13(2)12-17(4)10-11-19-16-9-7-6-8-15(16)14(3)18/h6-9,13H,5,10-12H2,1-4H3. The molecule has 0 spiro atoms. The van der Waals surface area contributed by atoms with Gasteiger partial charge in [-0.3, -0.25) is 4.79 Å². The number of para-hydroxylation sites is 1. The van der Waals surface area contributed by atoms with E-state index in [1.807, 2.05) is 18.2 Å². The van der Waals surface area contributed by atoms with Crippen molar-refractivity contribution in [3.8, 4) is 5.75 Å². The topological polar surface area (TPSA) is 29.5 Å². The molecule has 0 aliphatic rings. The quantitative estimate of drug-likeness (QED) is 0.674. The average Bonchev–Trinajstić information content (AvgIpc) is 2.38. The Hall–Kier alpha value is -1.35. The van der Waals surface area contributed by atoms with Crippen LogP contribution in [0.2, 0.25) is 0 Å². The van der Waals surface area contributed by atoms with Crippen LogP contribution in [0, 0.1) is 5.92 Å². The highest BCUT2D eigenvalue weighted by molar-refractivity contribution is 5.96. The maximum absolute atomic E-state index is 11.5. The van der Waals surface area contributed by atoms with Crippen LogP contribution < -0.4 is 4.74 Å². The molecule has 1 unspecified atom stereocenters. The zero-order valence-electron chi connectivity index (χ0n) is 12.5. The van der Waals surface area contributed by atoms with Crippen molar-refractivity contribution in [1.82, 2.24) is 4.90 Å². The van der Waals surface area contributed by atoms with Crippen molar-refractivity contribution in [2.24, 2.45) is 5.92 Å². The Bertz CT molecular complexity index is 403. The number of ether oxygens (including phenoxy) is 1. The number of benzene rings is 1. The summed E-state index contributed by atoms with van der Waals surface area (Å²) < 4.78 is 5.72. The fraction of sp³-hybridized carbons (Fsp3) is 0.562. The average molecular weight is 263 g/mol. The second-order valence-corrected chi connectivity index (χ2v) is 5.18. The van der Waals surface area contributed by atoms with Crippen LogP contribution in [-0.2, 0) is 0 Å². The highest BCUT2D eigenvalue weighted by Crippen LogP contribution is 2.18. The van der Waals surface area contributed by atoms with Crippen molar-refractivity contribution >= 4 is 5.78 Å². The van der Waals surface area contributed by atoms with Gasteiger partial charge in [0.15, 0.2) is 5.78 Å². The van der Waals surface area contributed by atoms with Crippen molar-refractivity contribution in [2.45, 2.75) is 27.2 Å². The molecule has 1 aromatic carbocycles. The summed E-state index contributed by atoms with van der Waals surface area (Å²) in [6.45, 7) is 8.58. The number of hydrogen-bond donors (Lipinski definition) is 0. The summed E-state index contributed by atoms with van der Waals surface area (Å²) in [6, 6.07) is 7.41. The number of carbonyl (C=O) groups is 1. The fourth-order valence-electron chi connectivity index (χ4n) is 1.95. The van der Waals surface area contributed by atoms with E-state index in [0.717, 1.165) is 13.1 Å². The van der Waals surface area contributed by atoms with Crippen molar-refractivity contribution in [3.63, 3.8) is 0 Å². The highest BCUT2D eigenvalue weighted by atomic mass is 16.5. The van der Waals surface area contributed by atoms with Gasteiger partial charge in [0.2, 0.25) is 0 Å². The Labute approximate surface area is 116 Å². The van der Waals surface area contributed by atoms with Gasteiger partial charge in [-0.05, 0) is 32.0 Å². The minimum Gasteiger partial charge on any atom is -0.491 e. The van der Waals surface area contributed by atoms with E-state index < -0.39 is 0 Å². The van der Waals surface area contributed by atoms with Gasteiger partial charge in [0.05, 0.1) is 5.56 Å². The fourth-order valence-corrected chi connectivity index (χ4v) is 1.95. The molecule has 1 atom stereocenters. The van der Waals surface area contributed by atoms with Crippen molar-refractivity contribution in [1.29, 1.82) is 0 Å². The molecule has 0 N–H and O–H groups in total. The number of hydrogen-bond acceptors (Lipinski definition) is 3. The minimum atomic E-state index is 0.0450. The van der Waals surface area contributed by atoms with Crippen LogP contribution in [0.3, 0.4) is 0 Å². The Balaban J connectivity index is 2.43. The van der Waals surface area contributed by atoms with E-state index in [9.17, 15) is 4.79 Å². The lowest BCUT2D eigenvalue weighted by atomic mass is 10.1. The van der Waals surface area contributed by atoms with Gasteiger partial charge >= 0.3 is 0 Å². The van der Waals surface area contributed by atoms with E-state index in [1.54, 1.807) is 13.0 Å². The van der Waals surface area contributed by atoms with Gasteiger partial charge in [-0.2, -0.15) is 0 Å². The van der Waals surface area contributed by atoms with Gasteiger partial charge < -0.3 is 9.64 Å². The van der Waals surface area contributed by atoms with E-state index in [-0.39, 0.29) is 5.78 Å². The predicted molar refractivity (Wildman–Crippen MR) is 78.9 cm³/mol. The van der Waals surface area contributed by atoms with E-state index in [0.29, 0.717) is 23.8 Å². The first kappa shape index (κ1) is 15.7. The summed E-state index contributed by atoms with van der Waals surface area (Å²) in [4.78, 5) is 13.7. The molecule has 3 heteroatoms. The van der Waals surface area contributed by atoms with Crippen molar-refractivity contribution < 1.29 is 9.53 Å². The van der Waals surface area contributed by atoms with Crippen molar-refractivity contribution in [2.75, 3.05) is 26.7 Å². The second kappa shape index (κ2) is 7.95. The number of ketones is 1. The molecule has 0 bridgehead atoms. The molecule has 0 amide bonds. The minimum absolute atomic E-state index is 0.0450. The molecule has 0 radical (unpaired) electrons. The summed E-state index contributed by atoms with van der Waals surface area (Å²) in [6.07, 6.45) is 1.19. The molecule has 3 nitrogen and oxygen atoms in total. The summed E-state index contributed by atoms with van der Waals surface area (Å²) in [5.74, 6) is 1.44. The van der Waals surface area contributed by atoms with Crippen LogP contribution in [0.4, 0.5) is 0 Å². The number of nitrogens with zero attached hydrogens (tertiary/aromatic N) is 1. The van der Waals surface area contributed by atoms with E-state index in [2.05, 4.69) is 25.8 Å². The molecule has 19 heavy (non-hydrogen) atoms. The molecule has 0 aliphatic carbocycles. The third-order valence-electron chi connectivity index (χ3n) is 3.32. The van der Waals surface area contributed by atoms with Crippen LogP contribution in [0.15, 0.2) is 24.3 Å². The molecule has 1 rings (SSSR count). The SMILES string of the molecule is CCC(C)CN(C)CCOc1ccccc1C(C)=O. The maximum atomic E-state index is 11.5. The number of rotatable bonds is 8. The smallest absolute Gasteiger partial charge is 0.163 e. The lowest BCUT2D eigenvalue weighted by Crippen LogP contribution is -2.28. The molecule has 0 aromatic heterocycles. The van der Waals surface area contributed by atoms with Gasteiger partial charge in [-0.25, -0.2) is 0 Å². The number of carbonyl (C=O) groups excluding carboxylic acids is 1. The molecular formula is C16H25NO2. The summed E-state index contributed by atoms with van der Waals surface area (Å²) in [5.41, 5.74) is 0.659. The first-order valence-corrected chi connectivity index (χ1v) is 6.95. The van der Waals surface area contributed by atoms with Crippen LogP contribution in [-0.4, -0.2) is 37.4 Å². The maximum Gasteiger partial charge on any atom is 0.163 e. The first-order valence-electron chi connectivity index (χ1n) is 6.95. The molecular weight excluding hydrogens is 238 g/mol. The largest absolute Gasteiger partial charge is 0.491 e. The Kier molecular flexibility index (Phi) is 6.57. The van der Waals surface area contributed by atoms with Crippen LogP contribution >= 0.6 is 0 Å². The zero-order valence-corrected chi connectivity index (χ0v) is 12.5. The molecule has 0 saturated heterocycles. The second-order valence-electron chi connectivity index (χ2n) is 5.18. The third kappa shape index (κ3) is 5.43. The monoisotopic (exact) mass is 263 g/mol. The van der Waals surface area contributed by atoms with Crippen LogP contribution in [0.25, 0.3) is 0 Å². The van der Waals surface area contributed by atoms with E-state index >= 15 is 0 Å². The summed E-state index contributed by atoms with van der Waals surface area (Å²) in [5, 5.41) is 0. The molecule has 0 saturated carbocycles. The molecule has 0 fully saturated rings. The molecule has 0 heterocycles. The normalized spacial score (nSPS) is 12.5. The van der Waals surface area contributed by atoms with Gasteiger partial charge in [0.1, 0.15) is 12.4 Å². The summed E-state index contributed by atoms with van der Waals surface area (Å²) in [7, 11) is 2.10. The lowest BCUT2D eigenvalue weighted by Gasteiger charge is -2.20. The Morgan fingerprint density at radius 2 is 2.05 bits per heavy atom. The van der Waals surface area contributed by atoms with Gasteiger partial charge in [0.25, 0.3) is 0 Å². The zero-order chi connectivity index (χ0) is 14.3. The Morgan fingerprint density at radius 3 is 2.68 bits per heavy atom. The lowest BCUT2D eigenvalue weighted by molar-refractivity contribution is 0.101. The third-order valence-corrected chi connectivity index (χ3v) is 3.32. The van der Waals surface area contributed by atoms with E-state index in [4.69, 9.17) is 4.74 Å². The van der Waals surface area contributed by atoms with Gasteiger partial charge in [0, 0.05) is 13.1 Å². The van der Waals surface area contributed by atoms with Crippen LogP contribution in [0.1, 0.15) is 37.6 Å². The molecule has 0 aliphatic heterocycles. The number of likely N-dealkylation sites (N-methyl/N-ethyl adjacent to an activating group) is 1. The van der Waals surface area contributed by atoms with Crippen LogP contribution in [0.5, 0.6) is 5.75 Å². The summed E-state index contributed by atoms with van der Waals surface area (Å²) >= 11 is 0. The highest BCUT2D eigenvalue weighted by Gasteiger charge is 2.08. The molecule has 1 aromatic rings. The predicted octanol–water partition coefficient (Wildman–Crippen LogP) is 3.25. The van der Waals surface area contributed by atoms with Gasteiger partial charge in [-0.1, -0.05) is 32.4 Å². The number of Topliss-reactive ketones (excluding diaryl/α,β-unsaturated/α-hetero) is 1. The van der Waals surface area contributed by atoms with Crippen molar-refractivity contribution in [3.05, 3.63) is 29.8 Å². The Morgan fingerprint density at radius 1 is 1.37 bits per heavy atom. The first-order chi connectivity index (χ1) is 9.04.